The van der Waals surface area contributed by atoms with Crippen LogP contribution in [0.15, 0.2) is 183 Å². The van der Waals surface area contributed by atoms with E-state index in [4.69, 9.17) is 18.9 Å². The fourth-order valence-electron chi connectivity index (χ4n) is 8.03. The molecular weight excluding hydrogens is 769 g/mol. The molecule has 0 radical (unpaired) electrons. The first kappa shape index (κ1) is 39.4. The largest absolute Gasteiger partial charge is 0.496 e. The van der Waals surface area contributed by atoms with E-state index in [0.29, 0.717) is 0 Å². The minimum atomic E-state index is 0.731. The molecule has 302 valence electrons. The van der Waals surface area contributed by atoms with Crippen LogP contribution in [0.3, 0.4) is 0 Å². The van der Waals surface area contributed by atoms with E-state index in [1.54, 1.807) is 53.2 Å². The zero-order valence-electron chi connectivity index (χ0n) is 34.7. The second-order valence-electron chi connectivity index (χ2n) is 14.6. The molecule has 0 fully saturated rings. The Kier molecular flexibility index (Phi) is 11.2. The standard InChI is InChI=1S/C54H42N4O4/c1-59-51-25-35(13-17-43(51)39-9-5-21-55-31-39)47-29-49(37-15-19-45(53(27-37)61-3)41-11-7-23-57-33-41)50(38-16-20-46(54(28-38)62-4)42-12-8-24-58-34-42)30-48(47)36-14-18-44(52(26-36)60-2)40-10-6-22-56-32-40/h5-34H,1-4H3. The zero-order valence-corrected chi connectivity index (χ0v) is 34.7. The third-order valence-corrected chi connectivity index (χ3v) is 11.1. The lowest BCUT2D eigenvalue weighted by Crippen LogP contribution is -1.97. The predicted molar refractivity (Wildman–Crippen MR) is 247 cm³/mol. The SMILES string of the molecule is COc1cc(-c2cc(-c3ccc(-c4cccnc4)c(OC)c3)c(-c3ccc(-c4cccnc4)c(OC)c3)cc2-c2ccc(-c3cccnc3)c(OC)c2)ccc1-c1cccnc1. The van der Waals surface area contributed by atoms with Gasteiger partial charge in [0, 0.05) is 94.1 Å². The smallest absolute Gasteiger partial charge is 0.127 e. The van der Waals surface area contributed by atoms with Gasteiger partial charge in [-0.15, -0.1) is 0 Å². The molecule has 0 saturated carbocycles. The molecule has 0 N–H and O–H groups in total. The maximum atomic E-state index is 6.08. The molecule has 0 amide bonds. The predicted octanol–water partition coefficient (Wildman–Crippen LogP) is 12.6. The van der Waals surface area contributed by atoms with Crippen LogP contribution in [0.25, 0.3) is 89.0 Å². The number of hydrogen-bond donors (Lipinski definition) is 0. The molecule has 9 aromatic rings. The Morgan fingerprint density at radius 2 is 0.500 bits per heavy atom. The minimum Gasteiger partial charge on any atom is -0.496 e. The fraction of sp³-hybridized carbons (Fsp3) is 0.0741. The van der Waals surface area contributed by atoms with Crippen molar-refractivity contribution in [2.75, 3.05) is 28.4 Å². The highest BCUT2D eigenvalue weighted by molar-refractivity contribution is 5.97. The number of nitrogens with zero attached hydrogens (tertiary/aromatic N) is 4. The summed E-state index contributed by atoms with van der Waals surface area (Å²) in [6.45, 7) is 0. The molecule has 0 atom stereocenters. The first-order chi connectivity index (χ1) is 30.6. The van der Waals surface area contributed by atoms with E-state index in [1.165, 1.54) is 0 Å². The summed E-state index contributed by atoms with van der Waals surface area (Å²) in [5.74, 6) is 2.93. The van der Waals surface area contributed by atoms with E-state index in [9.17, 15) is 0 Å². The van der Waals surface area contributed by atoms with E-state index in [2.05, 4.69) is 105 Å². The average Bonchev–Trinajstić information content (AvgIpc) is 3.36. The lowest BCUT2D eigenvalue weighted by Gasteiger charge is -2.21. The van der Waals surface area contributed by atoms with Gasteiger partial charge < -0.3 is 18.9 Å². The quantitative estimate of drug-likeness (QED) is 0.121. The highest BCUT2D eigenvalue weighted by Gasteiger charge is 2.21. The molecule has 5 aromatic carbocycles. The third-order valence-electron chi connectivity index (χ3n) is 11.1. The second kappa shape index (κ2) is 17.6. The van der Waals surface area contributed by atoms with E-state index in [1.807, 2.05) is 73.3 Å². The summed E-state index contributed by atoms with van der Waals surface area (Å²) in [6.07, 6.45) is 14.5. The van der Waals surface area contributed by atoms with Gasteiger partial charge in [0.25, 0.3) is 0 Å². The minimum absolute atomic E-state index is 0.731. The Balaban J connectivity index is 1.32. The van der Waals surface area contributed by atoms with Crippen LogP contribution < -0.4 is 18.9 Å². The Hall–Kier alpha value is -8.10. The summed E-state index contributed by atoms with van der Waals surface area (Å²) in [5.41, 5.74) is 15.5. The molecule has 0 bridgehead atoms. The van der Waals surface area contributed by atoms with Gasteiger partial charge in [-0.3, -0.25) is 19.9 Å². The summed E-state index contributed by atoms with van der Waals surface area (Å²) in [7, 11) is 6.81. The molecule has 8 heteroatoms. The summed E-state index contributed by atoms with van der Waals surface area (Å²) in [4.78, 5) is 17.5. The molecule has 0 aliphatic carbocycles. The highest BCUT2D eigenvalue weighted by atomic mass is 16.5. The molecule has 4 aromatic heterocycles. The van der Waals surface area contributed by atoms with Crippen LogP contribution >= 0.6 is 0 Å². The number of aromatic nitrogens is 4. The molecule has 0 spiro atoms. The summed E-state index contributed by atoms with van der Waals surface area (Å²) < 4.78 is 24.3. The lowest BCUT2D eigenvalue weighted by atomic mass is 9.84. The van der Waals surface area contributed by atoms with Crippen molar-refractivity contribution in [3.05, 3.63) is 183 Å². The molecule has 0 aliphatic rings. The van der Waals surface area contributed by atoms with Crippen molar-refractivity contribution in [1.29, 1.82) is 0 Å². The Morgan fingerprint density at radius 3 is 0.694 bits per heavy atom. The Bertz CT molecular complexity index is 2590. The molecule has 4 heterocycles. The molecule has 9 rings (SSSR count). The van der Waals surface area contributed by atoms with Gasteiger partial charge in [0.1, 0.15) is 23.0 Å². The Morgan fingerprint density at radius 1 is 0.258 bits per heavy atom. The van der Waals surface area contributed by atoms with Gasteiger partial charge in [-0.1, -0.05) is 48.5 Å². The normalized spacial score (nSPS) is 10.9. The van der Waals surface area contributed by atoms with Gasteiger partial charge in [0.2, 0.25) is 0 Å². The van der Waals surface area contributed by atoms with Crippen LogP contribution in [-0.4, -0.2) is 48.4 Å². The van der Waals surface area contributed by atoms with Crippen molar-refractivity contribution in [1.82, 2.24) is 19.9 Å². The van der Waals surface area contributed by atoms with E-state index < -0.39 is 0 Å². The average molecular weight is 811 g/mol. The van der Waals surface area contributed by atoms with Crippen LogP contribution in [0.4, 0.5) is 0 Å². The number of ether oxygens (including phenoxy) is 4. The van der Waals surface area contributed by atoms with Crippen LogP contribution in [-0.2, 0) is 0 Å². The van der Waals surface area contributed by atoms with E-state index in [0.717, 1.165) is 112 Å². The van der Waals surface area contributed by atoms with Crippen LogP contribution in [0, 0.1) is 0 Å². The summed E-state index contributed by atoms with van der Waals surface area (Å²) in [6, 6.07) is 45.8. The van der Waals surface area contributed by atoms with Gasteiger partial charge in [0.15, 0.2) is 0 Å². The van der Waals surface area contributed by atoms with Crippen molar-refractivity contribution in [3.63, 3.8) is 0 Å². The zero-order chi connectivity index (χ0) is 42.4. The number of hydrogen-bond acceptors (Lipinski definition) is 8. The van der Waals surface area contributed by atoms with Crippen molar-refractivity contribution in [3.8, 4) is 112 Å². The maximum Gasteiger partial charge on any atom is 0.127 e. The van der Waals surface area contributed by atoms with Crippen molar-refractivity contribution in [2.45, 2.75) is 0 Å². The van der Waals surface area contributed by atoms with Gasteiger partial charge in [-0.2, -0.15) is 0 Å². The lowest BCUT2D eigenvalue weighted by molar-refractivity contribution is 0.416. The molecule has 0 aliphatic heterocycles. The van der Waals surface area contributed by atoms with Crippen LogP contribution in [0.2, 0.25) is 0 Å². The number of benzene rings is 5. The first-order valence-electron chi connectivity index (χ1n) is 20.1. The molecule has 0 unspecified atom stereocenters. The number of pyridine rings is 4. The van der Waals surface area contributed by atoms with Gasteiger partial charge in [-0.05, 0) is 129 Å². The van der Waals surface area contributed by atoms with Gasteiger partial charge in [-0.25, -0.2) is 0 Å². The van der Waals surface area contributed by atoms with Crippen molar-refractivity contribution in [2.24, 2.45) is 0 Å². The Labute approximate surface area is 361 Å². The maximum absolute atomic E-state index is 6.08. The second-order valence-corrected chi connectivity index (χ2v) is 14.6. The van der Waals surface area contributed by atoms with Gasteiger partial charge >= 0.3 is 0 Å². The van der Waals surface area contributed by atoms with Gasteiger partial charge in [0.05, 0.1) is 28.4 Å². The number of rotatable bonds is 12. The van der Waals surface area contributed by atoms with Crippen LogP contribution in [0.5, 0.6) is 23.0 Å². The van der Waals surface area contributed by atoms with E-state index in [-0.39, 0.29) is 0 Å². The summed E-state index contributed by atoms with van der Waals surface area (Å²) in [5, 5.41) is 0. The monoisotopic (exact) mass is 810 g/mol. The van der Waals surface area contributed by atoms with Crippen LogP contribution in [0.1, 0.15) is 0 Å². The molecule has 8 nitrogen and oxygen atoms in total. The molecular formula is C54H42N4O4. The topological polar surface area (TPSA) is 88.5 Å². The van der Waals surface area contributed by atoms with Crippen molar-refractivity contribution < 1.29 is 18.9 Å². The number of methoxy groups -OCH3 is 4. The third kappa shape index (κ3) is 7.73. The van der Waals surface area contributed by atoms with Crippen molar-refractivity contribution >= 4 is 0 Å². The first-order valence-corrected chi connectivity index (χ1v) is 20.1. The fourth-order valence-corrected chi connectivity index (χ4v) is 8.03. The molecule has 62 heavy (non-hydrogen) atoms. The highest BCUT2D eigenvalue weighted by Crippen LogP contribution is 2.47. The molecule has 0 saturated heterocycles. The van der Waals surface area contributed by atoms with E-state index >= 15 is 0 Å². The summed E-state index contributed by atoms with van der Waals surface area (Å²) >= 11 is 0.